The van der Waals surface area contributed by atoms with Gasteiger partial charge in [-0.2, -0.15) is 0 Å². The molecular weight excluding hydrogens is 237 g/mol. The fraction of sp³-hybridized carbons (Fsp3) is 0.647. The summed E-state index contributed by atoms with van der Waals surface area (Å²) in [5, 5.41) is 3.41. The average molecular weight is 263 g/mol. The van der Waals surface area contributed by atoms with Crippen LogP contribution in [0, 0.1) is 24.6 Å². The second-order valence-corrected chi connectivity index (χ2v) is 6.34. The van der Waals surface area contributed by atoms with Gasteiger partial charge in [-0.3, -0.25) is 0 Å². The first-order valence-corrected chi connectivity index (χ1v) is 7.59. The van der Waals surface area contributed by atoms with Gasteiger partial charge in [-0.05, 0) is 55.7 Å². The van der Waals surface area contributed by atoms with E-state index in [0.717, 1.165) is 30.2 Å². The lowest BCUT2D eigenvalue weighted by atomic mass is 9.89. The Balaban J connectivity index is 1.98. The largest absolute Gasteiger partial charge is 0.380 e. The number of hydrogen-bond acceptors (Lipinski definition) is 1. The minimum absolute atomic E-state index is 0.129. The summed E-state index contributed by atoms with van der Waals surface area (Å²) in [5.74, 6) is 1.49. The van der Waals surface area contributed by atoms with Crippen LogP contribution in [-0.4, -0.2) is 6.04 Å². The molecule has 2 atom stereocenters. The summed E-state index contributed by atoms with van der Waals surface area (Å²) in [5.41, 5.74) is 1.78. The fourth-order valence-electron chi connectivity index (χ4n) is 3.11. The lowest BCUT2D eigenvalue weighted by Gasteiger charge is -2.20. The third kappa shape index (κ3) is 3.95. The van der Waals surface area contributed by atoms with Crippen LogP contribution in [0.2, 0.25) is 0 Å². The van der Waals surface area contributed by atoms with Crippen molar-refractivity contribution in [3.8, 4) is 0 Å². The molecule has 0 aliphatic heterocycles. The van der Waals surface area contributed by atoms with E-state index < -0.39 is 0 Å². The van der Waals surface area contributed by atoms with E-state index in [9.17, 15) is 4.39 Å². The zero-order valence-corrected chi connectivity index (χ0v) is 12.4. The average Bonchev–Trinajstić information content (AvgIpc) is 2.59. The van der Waals surface area contributed by atoms with Crippen molar-refractivity contribution in [2.75, 3.05) is 5.32 Å². The lowest BCUT2D eigenvalue weighted by Crippen LogP contribution is -2.19. The molecule has 1 aromatic carbocycles. The first kappa shape index (κ1) is 14.4. The molecule has 0 saturated heterocycles. The third-order valence-electron chi connectivity index (χ3n) is 4.44. The maximum absolute atomic E-state index is 13.8. The zero-order chi connectivity index (χ0) is 13.8. The van der Waals surface area contributed by atoms with Crippen LogP contribution < -0.4 is 5.32 Å². The topological polar surface area (TPSA) is 12.0 Å². The molecule has 0 bridgehead atoms. The molecule has 106 valence electrons. The molecule has 0 spiro atoms. The molecular formula is C17H26FN. The molecule has 0 heterocycles. The SMILES string of the molecule is Cc1ccc(F)c(NC2CCCC(C(C)C)CC2)c1. The first-order chi connectivity index (χ1) is 9.06. The van der Waals surface area contributed by atoms with Gasteiger partial charge in [-0.1, -0.05) is 32.8 Å². The van der Waals surface area contributed by atoms with Gasteiger partial charge in [0.05, 0.1) is 5.69 Å². The summed E-state index contributed by atoms with van der Waals surface area (Å²) in [6, 6.07) is 5.73. The molecule has 2 rings (SSSR count). The maximum Gasteiger partial charge on any atom is 0.146 e. The van der Waals surface area contributed by atoms with Crippen LogP contribution in [-0.2, 0) is 0 Å². The van der Waals surface area contributed by atoms with Crippen LogP contribution >= 0.6 is 0 Å². The lowest BCUT2D eigenvalue weighted by molar-refractivity contribution is 0.341. The molecule has 1 saturated carbocycles. The van der Waals surface area contributed by atoms with Gasteiger partial charge in [-0.25, -0.2) is 4.39 Å². The van der Waals surface area contributed by atoms with E-state index in [2.05, 4.69) is 19.2 Å². The van der Waals surface area contributed by atoms with Crippen molar-refractivity contribution in [1.29, 1.82) is 0 Å². The van der Waals surface area contributed by atoms with Gasteiger partial charge in [-0.15, -0.1) is 0 Å². The normalized spacial score (nSPS) is 24.3. The summed E-state index contributed by atoms with van der Waals surface area (Å²) in [6.45, 7) is 6.64. The summed E-state index contributed by atoms with van der Waals surface area (Å²) < 4.78 is 13.8. The number of aryl methyl sites for hydroxylation is 1. The van der Waals surface area contributed by atoms with Gasteiger partial charge >= 0.3 is 0 Å². The van der Waals surface area contributed by atoms with Gasteiger partial charge in [0, 0.05) is 6.04 Å². The van der Waals surface area contributed by atoms with Gasteiger partial charge in [0.2, 0.25) is 0 Å². The Morgan fingerprint density at radius 3 is 2.68 bits per heavy atom. The van der Waals surface area contributed by atoms with E-state index in [0.29, 0.717) is 11.7 Å². The highest BCUT2D eigenvalue weighted by Crippen LogP contribution is 2.30. The van der Waals surface area contributed by atoms with Crippen LogP contribution in [0.3, 0.4) is 0 Å². The molecule has 0 amide bonds. The van der Waals surface area contributed by atoms with Gasteiger partial charge < -0.3 is 5.32 Å². The summed E-state index contributed by atoms with van der Waals surface area (Å²) >= 11 is 0. The van der Waals surface area contributed by atoms with Gasteiger partial charge in [0.1, 0.15) is 5.82 Å². The predicted octanol–water partition coefficient (Wildman–Crippen LogP) is 5.15. The van der Waals surface area contributed by atoms with Crippen molar-refractivity contribution in [2.45, 2.75) is 58.9 Å². The molecule has 1 aliphatic carbocycles. The van der Waals surface area contributed by atoms with Crippen LogP contribution in [0.4, 0.5) is 10.1 Å². The van der Waals surface area contributed by atoms with E-state index in [1.807, 2.05) is 19.1 Å². The summed E-state index contributed by atoms with van der Waals surface area (Å²) in [7, 11) is 0. The number of anilines is 1. The maximum atomic E-state index is 13.8. The first-order valence-electron chi connectivity index (χ1n) is 7.59. The van der Waals surface area contributed by atoms with Crippen molar-refractivity contribution in [3.63, 3.8) is 0 Å². The van der Waals surface area contributed by atoms with Crippen LogP contribution in [0.1, 0.15) is 51.5 Å². The van der Waals surface area contributed by atoms with E-state index in [4.69, 9.17) is 0 Å². The highest BCUT2D eigenvalue weighted by Gasteiger charge is 2.21. The van der Waals surface area contributed by atoms with Crippen molar-refractivity contribution < 1.29 is 4.39 Å². The molecule has 2 unspecified atom stereocenters. The highest BCUT2D eigenvalue weighted by atomic mass is 19.1. The molecule has 0 radical (unpaired) electrons. The van der Waals surface area contributed by atoms with E-state index in [1.165, 1.54) is 19.3 Å². The Hall–Kier alpha value is -1.05. The van der Waals surface area contributed by atoms with Crippen molar-refractivity contribution in [1.82, 2.24) is 0 Å². The Morgan fingerprint density at radius 2 is 1.95 bits per heavy atom. The van der Waals surface area contributed by atoms with Crippen LogP contribution in [0.25, 0.3) is 0 Å². The van der Waals surface area contributed by atoms with Crippen molar-refractivity contribution >= 4 is 5.69 Å². The molecule has 1 aromatic rings. The smallest absolute Gasteiger partial charge is 0.146 e. The molecule has 1 aliphatic rings. The summed E-state index contributed by atoms with van der Waals surface area (Å²) in [4.78, 5) is 0. The second kappa shape index (κ2) is 6.40. The van der Waals surface area contributed by atoms with Crippen molar-refractivity contribution in [2.24, 2.45) is 11.8 Å². The van der Waals surface area contributed by atoms with Crippen molar-refractivity contribution in [3.05, 3.63) is 29.6 Å². The number of halogens is 1. The minimum Gasteiger partial charge on any atom is -0.380 e. The van der Waals surface area contributed by atoms with Gasteiger partial charge in [0.25, 0.3) is 0 Å². The molecule has 1 fully saturated rings. The molecule has 1 nitrogen and oxygen atoms in total. The number of hydrogen-bond donors (Lipinski definition) is 1. The quantitative estimate of drug-likeness (QED) is 0.743. The molecule has 1 N–H and O–H groups in total. The number of benzene rings is 1. The zero-order valence-electron chi connectivity index (χ0n) is 12.4. The molecule has 2 heteroatoms. The monoisotopic (exact) mass is 263 g/mol. The van der Waals surface area contributed by atoms with Crippen LogP contribution in [0.15, 0.2) is 18.2 Å². The Bertz CT molecular complexity index is 414. The summed E-state index contributed by atoms with van der Waals surface area (Å²) in [6.07, 6.45) is 6.18. The van der Waals surface area contributed by atoms with Crippen LogP contribution in [0.5, 0.6) is 0 Å². The Kier molecular flexibility index (Phi) is 4.84. The second-order valence-electron chi connectivity index (χ2n) is 6.34. The molecule has 19 heavy (non-hydrogen) atoms. The Labute approximate surface area is 116 Å². The fourth-order valence-corrected chi connectivity index (χ4v) is 3.11. The Morgan fingerprint density at radius 1 is 1.16 bits per heavy atom. The highest BCUT2D eigenvalue weighted by molar-refractivity contribution is 5.47. The third-order valence-corrected chi connectivity index (χ3v) is 4.44. The van der Waals surface area contributed by atoms with Gasteiger partial charge in [0.15, 0.2) is 0 Å². The van der Waals surface area contributed by atoms with E-state index in [1.54, 1.807) is 6.07 Å². The predicted molar refractivity (Wildman–Crippen MR) is 80.0 cm³/mol. The number of rotatable bonds is 3. The number of nitrogens with one attached hydrogen (secondary N) is 1. The van der Waals surface area contributed by atoms with E-state index >= 15 is 0 Å². The standard InChI is InChI=1S/C17H26FN/c1-12(2)14-5-4-6-15(9-8-14)19-17-11-13(3)7-10-16(17)18/h7,10-12,14-15,19H,4-6,8-9H2,1-3H3. The molecule has 0 aromatic heterocycles. The minimum atomic E-state index is -0.129. The van der Waals surface area contributed by atoms with E-state index in [-0.39, 0.29) is 5.82 Å².